The minimum absolute atomic E-state index is 0.304. The van der Waals surface area contributed by atoms with Crippen LogP contribution in [-0.2, 0) is 0 Å². The first-order valence-corrected chi connectivity index (χ1v) is 8.08. The number of rotatable bonds is 6. The van der Waals surface area contributed by atoms with E-state index in [0.29, 0.717) is 11.1 Å². The van der Waals surface area contributed by atoms with Crippen molar-refractivity contribution in [2.45, 2.75) is 13.8 Å². The molecule has 0 amide bonds. The second-order valence-electron chi connectivity index (χ2n) is 6.28. The van der Waals surface area contributed by atoms with Crippen LogP contribution in [0.1, 0.15) is 22.3 Å². The Bertz CT molecular complexity index is 688. The van der Waals surface area contributed by atoms with Gasteiger partial charge in [-0.25, -0.2) is 0 Å². The summed E-state index contributed by atoms with van der Waals surface area (Å²) in [6.07, 6.45) is 2.87. The van der Waals surface area contributed by atoms with Crippen molar-refractivity contribution in [2.75, 3.05) is 13.2 Å². The van der Waals surface area contributed by atoms with Crippen molar-refractivity contribution in [3.63, 3.8) is 0 Å². The maximum absolute atomic E-state index is 10.5. The fraction of sp³-hybridized carbons (Fsp3) is 0.238. The number of hydrogen-bond donors (Lipinski definition) is 4. The van der Waals surface area contributed by atoms with Crippen LogP contribution >= 0.6 is 0 Å². The lowest BCUT2D eigenvalue weighted by molar-refractivity contribution is 0.0487. The molecule has 0 atom stereocenters. The fourth-order valence-electron chi connectivity index (χ4n) is 2.42. The number of hydrogen-bond acceptors (Lipinski definition) is 4. The van der Waals surface area contributed by atoms with Crippen LogP contribution in [0, 0.1) is 19.3 Å². The van der Waals surface area contributed by atoms with Crippen molar-refractivity contribution >= 4 is 12.2 Å². The molecule has 0 aliphatic rings. The van der Waals surface area contributed by atoms with E-state index in [0.717, 1.165) is 11.1 Å². The van der Waals surface area contributed by atoms with Gasteiger partial charge < -0.3 is 20.4 Å². The van der Waals surface area contributed by atoms with E-state index in [1.807, 2.05) is 62.4 Å². The third-order valence-electron chi connectivity index (χ3n) is 4.28. The van der Waals surface area contributed by atoms with Gasteiger partial charge in [0.1, 0.15) is 16.9 Å². The average molecular weight is 340 g/mol. The lowest BCUT2D eigenvalue weighted by atomic mass is 9.83. The van der Waals surface area contributed by atoms with Crippen LogP contribution < -0.4 is 0 Å². The normalized spacial score (nSPS) is 13.1. The highest BCUT2D eigenvalue weighted by Gasteiger charge is 2.38. The zero-order chi connectivity index (χ0) is 18.4. The highest BCUT2D eigenvalue weighted by Crippen LogP contribution is 2.34. The number of aliphatic hydroxyl groups is 4. The summed E-state index contributed by atoms with van der Waals surface area (Å²) in [6.45, 7) is 2.64. The topological polar surface area (TPSA) is 80.9 Å². The molecule has 0 aliphatic heterocycles. The van der Waals surface area contributed by atoms with Crippen molar-refractivity contribution in [3.8, 4) is 0 Å². The van der Waals surface area contributed by atoms with Crippen LogP contribution in [0.4, 0.5) is 0 Å². The van der Waals surface area contributed by atoms with Crippen molar-refractivity contribution in [1.82, 2.24) is 0 Å². The smallest absolute Gasteiger partial charge is 0.130 e. The second kappa shape index (κ2) is 8.01. The Morgan fingerprint density at radius 2 is 1.04 bits per heavy atom. The standard InChI is InChI=1S/C21H24O4/c1-15-3-7-17(8-4-15)11-19(24)21(13-22,14-23)20(25)12-18-9-5-16(2)6-10-18/h3-12,22-25H,13-14H2,1-2H3. The molecule has 0 spiro atoms. The van der Waals surface area contributed by atoms with Crippen LogP contribution in [0.5, 0.6) is 0 Å². The van der Waals surface area contributed by atoms with Gasteiger partial charge >= 0.3 is 0 Å². The molecule has 25 heavy (non-hydrogen) atoms. The largest absolute Gasteiger partial charge is 0.511 e. The number of aliphatic hydroxyl groups excluding tert-OH is 4. The fourth-order valence-corrected chi connectivity index (χ4v) is 2.42. The molecule has 0 saturated carbocycles. The maximum atomic E-state index is 10.5. The lowest BCUT2D eigenvalue weighted by Crippen LogP contribution is -2.34. The van der Waals surface area contributed by atoms with Gasteiger partial charge in [0, 0.05) is 0 Å². The van der Waals surface area contributed by atoms with E-state index in [1.54, 1.807) is 0 Å². The van der Waals surface area contributed by atoms with Crippen molar-refractivity contribution < 1.29 is 20.4 Å². The van der Waals surface area contributed by atoms with Gasteiger partial charge in [-0.15, -0.1) is 0 Å². The summed E-state index contributed by atoms with van der Waals surface area (Å²) >= 11 is 0. The Morgan fingerprint density at radius 3 is 1.32 bits per heavy atom. The summed E-state index contributed by atoms with van der Waals surface area (Å²) < 4.78 is 0. The lowest BCUT2D eigenvalue weighted by Gasteiger charge is -2.28. The molecule has 0 unspecified atom stereocenters. The van der Waals surface area contributed by atoms with Gasteiger partial charge in [-0.05, 0) is 37.1 Å². The van der Waals surface area contributed by atoms with E-state index in [2.05, 4.69) is 0 Å². The summed E-state index contributed by atoms with van der Waals surface area (Å²) in [4.78, 5) is 0. The molecule has 0 heterocycles. The predicted octanol–water partition coefficient (Wildman–Crippen LogP) is 3.77. The monoisotopic (exact) mass is 340 g/mol. The Labute approximate surface area is 148 Å². The summed E-state index contributed by atoms with van der Waals surface area (Å²) in [5.74, 6) is -0.607. The van der Waals surface area contributed by atoms with E-state index < -0.39 is 18.6 Å². The molecule has 132 valence electrons. The molecule has 4 N–H and O–H groups in total. The zero-order valence-corrected chi connectivity index (χ0v) is 14.5. The van der Waals surface area contributed by atoms with Gasteiger partial charge in [0.25, 0.3) is 0 Å². The van der Waals surface area contributed by atoms with Crippen LogP contribution in [0.25, 0.3) is 12.2 Å². The SMILES string of the molecule is Cc1ccc(C=C(O)C(CO)(CO)C(O)=Cc2ccc(C)cc2)cc1. The molecular formula is C21H24O4. The minimum Gasteiger partial charge on any atom is -0.511 e. The van der Waals surface area contributed by atoms with Crippen LogP contribution in [0.2, 0.25) is 0 Å². The molecule has 0 radical (unpaired) electrons. The zero-order valence-electron chi connectivity index (χ0n) is 14.5. The maximum Gasteiger partial charge on any atom is 0.130 e. The van der Waals surface area contributed by atoms with Crippen LogP contribution in [0.15, 0.2) is 60.0 Å². The van der Waals surface area contributed by atoms with E-state index in [-0.39, 0.29) is 11.5 Å². The number of benzene rings is 2. The highest BCUT2D eigenvalue weighted by atomic mass is 16.3. The second-order valence-corrected chi connectivity index (χ2v) is 6.28. The summed E-state index contributed by atoms with van der Waals surface area (Å²) in [5, 5.41) is 40.6. The third-order valence-corrected chi connectivity index (χ3v) is 4.28. The predicted molar refractivity (Wildman–Crippen MR) is 100 cm³/mol. The highest BCUT2D eigenvalue weighted by molar-refractivity contribution is 5.58. The Hall–Kier alpha value is -2.56. The molecule has 0 aromatic heterocycles. The molecule has 2 aromatic carbocycles. The number of aryl methyl sites for hydroxylation is 2. The van der Waals surface area contributed by atoms with Crippen LogP contribution in [-0.4, -0.2) is 33.6 Å². The van der Waals surface area contributed by atoms with E-state index >= 15 is 0 Å². The summed E-state index contributed by atoms with van der Waals surface area (Å²) in [7, 11) is 0. The quantitative estimate of drug-likeness (QED) is 0.603. The Kier molecular flexibility index (Phi) is 6.02. The van der Waals surface area contributed by atoms with Gasteiger partial charge in [0.15, 0.2) is 0 Å². The molecule has 0 fully saturated rings. The third kappa shape index (κ3) is 4.29. The first-order valence-electron chi connectivity index (χ1n) is 8.08. The Morgan fingerprint density at radius 1 is 0.720 bits per heavy atom. The van der Waals surface area contributed by atoms with Gasteiger partial charge in [-0.2, -0.15) is 0 Å². The van der Waals surface area contributed by atoms with Gasteiger partial charge in [0.2, 0.25) is 0 Å². The summed E-state index contributed by atoms with van der Waals surface area (Å²) in [5.41, 5.74) is 1.91. The van der Waals surface area contributed by atoms with Crippen molar-refractivity contribution in [1.29, 1.82) is 0 Å². The first-order chi connectivity index (χ1) is 11.9. The molecule has 0 aliphatic carbocycles. The van der Waals surface area contributed by atoms with Crippen LogP contribution in [0.3, 0.4) is 0 Å². The molecule has 4 heteroatoms. The molecule has 0 bridgehead atoms. The molecule has 2 aromatic rings. The van der Waals surface area contributed by atoms with Crippen molar-refractivity contribution in [2.24, 2.45) is 5.41 Å². The molecule has 2 rings (SSSR count). The first kappa shape index (κ1) is 18.8. The van der Waals surface area contributed by atoms with Gasteiger partial charge in [0.05, 0.1) is 13.2 Å². The van der Waals surface area contributed by atoms with E-state index in [9.17, 15) is 20.4 Å². The molecule has 4 nitrogen and oxygen atoms in total. The Balaban J connectivity index is 2.41. The van der Waals surface area contributed by atoms with E-state index in [1.165, 1.54) is 12.2 Å². The van der Waals surface area contributed by atoms with Crippen molar-refractivity contribution in [3.05, 3.63) is 82.3 Å². The average Bonchev–Trinajstić information content (AvgIpc) is 2.60. The minimum atomic E-state index is -1.66. The summed E-state index contributed by atoms with van der Waals surface area (Å²) in [6, 6.07) is 14.8. The van der Waals surface area contributed by atoms with Gasteiger partial charge in [-0.3, -0.25) is 0 Å². The molecule has 0 saturated heterocycles. The van der Waals surface area contributed by atoms with E-state index in [4.69, 9.17) is 0 Å². The molecular weight excluding hydrogens is 316 g/mol. The van der Waals surface area contributed by atoms with Gasteiger partial charge in [-0.1, -0.05) is 59.7 Å².